The van der Waals surface area contributed by atoms with Crippen molar-refractivity contribution in [3.8, 4) is 0 Å². The molecule has 1 aromatic carbocycles. The van der Waals surface area contributed by atoms with Gasteiger partial charge in [-0.25, -0.2) is 9.97 Å². The van der Waals surface area contributed by atoms with Crippen LogP contribution >= 0.6 is 0 Å². The van der Waals surface area contributed by atoms with E-state index in [-0.39, 0.29) is 17.7 Å². The third-order valence-corrected chi connectivity index (χ3v) is 3.66. The van der Waals surface area contributed by atoms with Gasteiger partial charge in [0.05, 0.1) is 18.4 Å². The van der Waals surface area contributed by atoms with Crippen LogP contribution in [0.1, 0.15) is 29.4 Å². The molecule has 0 fully saturated rings. The number of hydrogen-bond acceptors (Lipinski definition) is 8. The van der Waals surface area contributed by atoms with E-state index in [2.05, 4.69) is 30.6 Å². The van der Waals surface area contributed by atoms with Crippen molar-refractivity contribution in [1.82, 2.24) is 25.3 Å². The van der Waals surface area contributed by atoms with E-state index >= 15 is 0 Å². The van der Waals surface area contributed by atoms with Gasteiger partial charge in [-0.2, -0.15) is 9.97 Å². The number of carbonyl (C=O) groups is 1. The first-order valence-electron chi connectivity index (χ1n) is 8.23. The van der Waals surface area contributed by atoms with Crippen LogP contribution in [-0.4, -0.2) is 32.4 Å². The van der Waals surface area contributed by atoms with Gasteiger partial charge in [0.15, 0.2) is 17.0 Å². The molecular weight excluding hydrogens is 332 g/mol. The van der Waals surface area contributed by atoms with E-state index in [1.165, 1.54) is 0 Å². The van der Waals surface area contributed by atoms with Crippen molar-refractivity contribution in [3.63, 3.8) is 0 Å². The van der Waals surface area contributed by atoms with Crippen LogP contribution in [0.2, 0.25) is 0 Å². The molecule has 0 unspecified atom stereocenters. The van der Waals surface area contributed by atoms with Crippen molar-refractivity contribution in [3.05, 3.63) is 41.7 Å². The highest BCUT2D eigenvalue weighted by molar-refractivity contribution is 5.94. The fourth-order valence-corrected chi connectivity index (χ4v) is 2.34. The molecule has 0 saturated heterocycles. The standard InChI is InChI=1S/C17H20N8O/c1-2-7-20-16(26)10-3-5-11(6-4-10)21-8-12-9-22-15-13(23-12)14(18)24-17(19)25-15/h3-6,9,21H,2,7-8H2,1H3,(H,20,26)(H4,18,19,22,24,25). The van der Waals surface area contributed by atoms with Gasteiger partial charge in [0, 0.05) is 17.8 Å². The Balaban J connectivity index is 1.67. The van der Waals surface area contributed by atoms with Gasteiger partial charge in [-0.3, -0.25) is 4.79 Å². The number of aromatic nitrogens is 4. The van der Waals surface area contributed by atoms with E-state index in [0.717, 1.165) is 12.1 Å². The lowest BCUT2D eigenvalue weighted by molar-refractivity contribution is 0.0953. The molecule has 134 valence electrons. The first-order valence-corrected chi connectivity index (χ1v) is 8.23. The van der Waals surface area contributed by atoms with Gasteiger partial charge >= 0.3 is 0 Å². The Hall–Kier alpha value is -3.49. The number of nitrogens with two attached hydrogens (primary N) is 2. The molecule has 0 aliphatic rings. The first kappa shape index (κ1) is 17.3. The van der Waals surface area contributed by atoms with Crippen LogP contribution in [0.5, 0.6) is 0 Å². The third kappa shape index (κ3) is 3.94. The summed E-state index contributed by atoms with van der Waals surface area (Å²) in [4.78, 5) is 28.4. The Morgan fingerprint density at radius 3 is 2.62 bits per heavy atom. The highest BCUT2D eigenvalue weighted by Crippen LogP contribution is 2.16. The van der Waals surface area contributed by atoms with Crippen molar-refractivity contribution >= 4 is 34.5 Å². The average Bonchev–Trinajstić information content (AvgIpc) is 2.65. The summed E-state index contributed by atoms with van der Waals surface area (Å²) in [6.07, 6.45) is 2.51. The van der Waals surface area contributed by atoms with E-state index < -0.39 is 0 Å². The van der Waals surface area contributed by atoms with Crippen LogP contribution in [0.15, 0.2) is 30.5 Å². The van der Waals surface area contributed by atoms with Crippen molar-refractivity contribution in [2.45, 2.75) is 19.9 Å². The van der Waals surface area contributed by atoms with E-state index in [0.29, 0.717) is 35.5 Å². The number of carbonyl (C=O) groups excluding carboxylic acids is 1. The number of hydrogen-bond donors (Lipinski definition) is 4. The summed E-state index contributed by atoms with van der Waals surface area (Å²) >= 11 is 0. The molecule has 0 radical (unpaired) electrons. The fourth-order valence-electron chi connectivity index (χ4n) is 2.34. The lowest BCUT2D eigenvalue weighted by atomic mass is 10.2. The SMILES string of the molecule is CCCNC(=O)c1ccc(NCc2cnc3nc(N)nc(N)c3n2)cc1. The second-order valence-corrected chi connectivity index (χ2v) is 5.69. The Morgan fingerprint density at radius 1 is 1.12 bits per heavy atom. The Kier molecular flexibility index (Phi) is 5.07. The molecule has 3 rings (SSSR count). The number of nitrogen functional groups attached to an aromatic ring is 2. The first-order chi connectivity index (χ1) is 12.6. The highest BCUT2D eigenvalue weighted by Gasteiger charge is 2.08. The van der Waals surface area contributed by atoms with Crippen LogP contribution in [0, 0.1) is 0 Å². The number of rotatable bonds is 6. The molecule has 9 heteroatoms. The van der Waals surface area contributed by atoms with Gasteiger partial charge in [-0.1, -0.05) is 6.92 Å². The summed E-state index contributed by atoms with van der Waals surface area (Å²) in [7, 11) is 0. The van der Waals surface area contributed by atoms with Gasteiger partial charge in [0.2, 0.25) is 5.95 Å². The van der Waals surface area contributed by atoms with Crippen LogP contribution in [-0.2, 0) is 6.54 Å². The molecule has 26 heavy (non-hydrogen) atoms. The minimum absolute atomic E-state index is 0.0678. The molecule has 2 heterocycles. The number of amides is 1. The lowest BCUT2D eigenvalue weighted by Crippen LogP contribution is -2.23. The topological polar surface area (TPSA) is 145 Å². The molecule has 6 N–H and O–H groups in total. The predicted molar refractivity (Wildman–Crippen MR) is 100 cm³/mol. The predicted octanol–water partition coefficient (Wildman–Crippen LogP) is 1.34. The summed E-state index contributed by atoms with van der Waals surface area (Å²) in [5.41, 5.74) is 14.3. The number of nitrogens with zero attached hydrogens (tertiary/aromatic N) is 4. The average molecular weight is 352 g/mol. The number of anilines is 3. The summed E-state index contributed by atoms with van der Waals surface area (Å²) in [6.45, 7) is 3.11. The van der Waals surface area contributed by atoms with Crippen LogP contribution in [0.4, 0.5) is 17.5 Å². The minimum atomic E-state index is -0.0754. The highest BCUT2D eigenvalue weighted by atomic mass is 16.1. The van der Waals surface area contributed by atoms with Gasteiger partial charge < -0.3 is 22.1 Å². The Morgan fingerprint density at radius 2 is 1.88 bits per heavy atom. The van der Waals surface area contributed by atoms with Crippen molar-refractivity contribution < 1.29 is 4.79 Å². The van der Waals surface area contributed by atoms with Gasteiger partial charge in [-0.15, -0.1) is 0 Å². The zero-order chi connectivity index (χ0) is 18.5. The van der Waals surface area contributed by atoms with Crippen molar-refractivity contribution in [2.24, 2.45) is 0 Å². The van der Waals surface area contributed by atoms with E-state index in [1.807, 2.05) is 19.1 Å². The summed E-state index contributed by atoms with van der Waals surface area (Å²) in [6, 6.07) is 7.23. The largest absolute Gasteiger partial charge is 0.382 e. The van der Waals surface area contributed by atoms with Gasteiger partial charge in [0.1, 0.15) is 0 Å². The number of fused-ring (bicyclic) bond motifs is 1. The molecule has 0 aliphatic heterocycles. The zero-order valence-corrected chi connectivity index (χ0v) is 14.4. The summed E-state index contributed by atoms with van der Waals surface area (Å²) in [5.74, 6) is 0.191. The maximum atomic E-state index is 11.9. The monoisotopic (exact) mass is 352 g/mol. The molecule has 0 saturated carbocycles. The van der Waals surface area contributed by atoms with E-state index in [1.54, 1.807) is 18.3 Å². The summed E-state index contributed by atoms with van der Waals surface area (Å²) < 4.78 is 0. The van der Waals surface area contributed by atoms with Crippen LogP contribution in [0.3, 0.4) is 0 Å². The second-order valence-electron chi connectivity index (χ2n) is 5.69. The smallest absolute Gasteiger partial charge is 0.251 e. The normalized spacial score (nSPS) is 10.7. The molecule has 0 aliphatic carbocycles. The molecule has 1 amide bonds. The van der Waals surface area contributed by atoms with E-state index in [4.69, 9.17) is 11.5 Å². The molecule has 0 bridgehead atoms. The maximum absolute atomic E-state index is 11.9. The van der Waals surface area contributed by atoms with Gasteiger partial charge in [0.25, 0.3) is 5.91 Å². The molecule has 0 atom stereocenters. The van der Waals surface area contributed by atoms with E-state index in [9.17, 15) is 4.79 Å². The van der Waals surface area contributed by atoms with Crippen molar-refractivity contribution in [2.75, 3.05) is 23.3 Å². The molecule has 2 aromatic heterocycles. The van der Waals surface area contributed by atoms with Crippen LogP contribution in [0.25, 0.3) is 11.2 Å². The molecule has 9 nitrogen and oxygen atoms in total. The van der Waals surface area contributed by atoms with Gasteiger partial charge in [-0.05, 0) is 30.7 Å². The molecule has 0 spiro atoms. The Bertz CT molecular complexity index is 926. The maximum Gasteiger partial charge on any atom is 0.251 e. The number of benzene rings is 1. The second kappa shape index (κ2) is 7.60. The summed E-state index contributed by atoms with van der Waals surface area (Å²) in [5, 5.41) is 6.07. The Labute approximate surface area is 150 Å². The number of nitrogens with one attached hydrogen (secondary N) is 2. The molecule has 3 aromatic rings. The third-order valence-electron chi connectivity index (χ3n) is 3.66. The lowest BCUT2D eigenvalue weighted by Gasteiger charge is -2.08. The molecular formula is C17H20N8O. The fraction of sp³-hybridized carbons (Fsp3) is 0.235. The van der Waals surface area contributed by atoms with Crippen LogP contribution < -0.4 is 22.1 Å². The van der Waals surface area contributed by atoms with Crippen molar-refractivity contribution in [1.29, 1.82) is 0 Å². The zero-order valence-electron chi connectivity index (χ0n) is 14.4. The quantitative estimate of drug-likeness (QED) is 0.520. The minimum Gasteiger partial charge on any atom is -0.382 e.